The standard InChI is InChI=1S/C14H14N2O3S.Na/c1-14(2)10(13(18)19)16-11(17)9(12(16)20-14)7-8-5-3-4-6-15-8;/h3-7,10,12H,1-2H3,(H,18,19);/q;+1/p-1/b9-7+;/t10-,12+;/m0./s1. The number of β-lactam (4-membered cyclic amide) rings is 1. The topological polar surface area (TPSA) is 73.3 Å². The average molecular weight is 312 g/mol. The summed E-state index contributed by atoms with van der Waals surface area (Å²) in [6, 6.07) is 4.57. The molecular formula is C14H13N2NaO3S. The average Bonchev–Trinajstić information content (AvgIpc) is 2.66. The molecule has 0 radical (unpaired) electrons. The maximum Gasteiger partial charge on any atom is 1.00 e. The van der Waals surface area contributed by atoms with Crippen LogP contribution in [0.1, 0.15) is 19.5 Å². The van der Waals surface area contributed by atoms with E-state index < -0.39 is 16.8 Å². The van der Waals surface area contributed by atoms with Gasteiger partial charge in [-0.15, -0.1) is 11.8 Å². The molecule has 3 rings (SSSR count). The van der Waals surface area contributed by atoms with Gasteiger partial charge in [-0.25, -0.2) is 0 Å². The van der Waals surface area contributed by atoms with E-state index in [9.17, 15) is 14.7 Å². The van der Waals surface area contributed by atoms with Gasteiger partial charge in [0.15, 0.2) is 0 Å². The molecule has 1 aromatic heterocycles. The summed E-state index contributed by atoms with van der Waals surface area (Å²) in [4.78, 5) is 29.0. The number of carboxylic acids is 1. The number of aliphatic carboxylic acids is 1. The fourth-order valence-corrected chi connectivity index (χ4v) is 4.20. The zero-order valence-corrected chi connectivity index (χ0v) is 14.9. The molecule has 3 heterocycles. The molecule has 2 fully saturated rings. The van der Waals surface area contributed by atoms with Crippen molar-refractivity contribution >= 4 is 29.7 Å². The number of pyridine rings is 1. The summed E-state index contributed by atoms with van der Waals surface area (Å²) < 4.78 is -0.557. The maximum atomic E-state index is 12.2. The van der Waals surface area contributed by atoms with E-state index >= 15 is 0 Å². The number of nitrogens with zero attached hydrogens (tertiary/aromatic N) is 2. The van der Waals surface area contributed by atoms with Crippen LogP contribution in [0.3, 0.4) is 0 Å². The Morgan fingerprint density at radius 3 is 2.76 bits per heavy atom. The van der Waals surface area contributed by atoms with Crippen molar-refractivity contribution in [3.63, 3.8) is 0 Å². The summed E-state index contributed by atoms with van der Waals surface area (Å²) in [6.45, 7) is 3.64. The summed E-state index contributed by atoms with van der Waals surface area (Å²) in [6.07, 6.45) is 3.38. The van der Waals surface area contributed by atoms with Crippen LogP contribution in [0.4, 0.5) is 0 Å². The monoisotopic (exact) mass is 312 g/mol. The van der Waals surface area contributed by atoms with Crippen LogP contribution in [0.25, 0.3) is 6.08 Å². The Morgan fingerprint density at radius 2 is 2.19 bits per heavy atom. The van der Waals surface area contributed by atoms with E-state index in [1.165, 1.54) is 16.7 Å². The SMILES string of the molecule is CC1(C)S[C@@H]2/C(=C/c3ccccn3)C(=O)N2[C@H]1C(=O)[O-].[Na+]. The number of fused-ring (bicyclic) bond motifs is 1. The van der Waals surface area contributed by atoms with Gasteiger partial charge in [-0.2, -0.15) is 0 Å². The largest absolute Gasteiger partial charge is 1.00 e. The Hall–Kier alpha value is -0.820. The minimum atomic E-state index is -1.20. The Kier molecular flexibility index (Phi) is 4.54. The number of carbonyl (C=O) groups excluding carboxylic acids is 2. The van der Waals surface area contributed by atoms with Crippen molar-refractivity contribution in [3.05, 3.63) is 35.7 Å². The molecule has 0 N–H and O–H groups in total. The first-order valence-electron chi connectivity index (χ1n) is 6.26. The Labute approximate surface area is 149 Å². The number of amides is 1. The molecule has 1 amide bonds. The molecule has 104 valence electrons. The first-order valence-corrected chi connectivity index (χ1v) is 7.14. The van der Waals surface area contributed by atoms with Gasteiger partial charge < -0.3 is 14.8 Å². The quantitative estimate of drug-likeness (QED) is 0.337. The Bertz CT molecular complexity index is 618. The molecule has 0 unspecified atom stereocenters. The molecule has 0 bridgehead atoms. The van der Waals surface area contributed by atoms with E-state index in [2.05, 4.69) is 4.98 Å². The number of thioether (sulfide) groups is 1. The normalized spacial score (nSPS) is 27.8. The van der Waals surface area contributed by atoms with Gasteiger partial charge in [0.05, 0.1) is 23.3 Å². The van der Waals surface area contributed by atoms with Crippen molar-refractivity contribution in [2.24, 2.45) is 0 Å². The smallest absolute Gasteiger partial charge is 0.548 e. The van der Waals surface area contributed by atoms with Gasteiger partial charge in [0.25, 0.3) is 5.91 Å². The molecule has 2 aliphatic heterocycles. The minimum absolute atomic E-state index is 0. The van der Waals surface area contributed by atoms with Crippen LogP contribution in [0, 0.1) is 0 Å². The molecule has 2 aliphatic rings. The zero-order chi connectivity index (χ0) is 14.5. The van der Waals surface area contributed by atoms with Crippen LogP contribution in [0.2, 0.25) is 0 Å². The predicted molar refractivity (Wildman–Crippen MR) is 73.3 cm³/mol. The molecule has 21 heavy (non-hydrogen) atoms. The van der Waals surface area contributed by atoms with Crippen molar-refractivity contribution in [2.75, 3.05) is 0 Å². The fourth-order valence-electron chi connectivity index (χ4n) is 2.66. The van der Waals surface area contributed by atoms with E-state index in [0.717, 1.165) is 0 Å². The van der Waals surface area contributed by atoms with Crippen molar-refractivity contribution in [1.82, 2.24) is 9.88 Å². The third kappa shape index (κ3) is 2.65. The van der Waals surface area contributed by atoms with Gasteiger partial charge in [-0.05, 0) is 32.1 Å². The number of hydrogen-bond acceptors (Lipinski definition) is 5. The fraction of sp³-hybridized carbons (Fsp3) is 0.357. The van der Waals surface area contributed by atoms with Gasteiger partial charge in [0.1, 0.15) is 5.37 Å². The van der Waals surface area contributed by atoms with E-state index in [-0.39, 0.29) is 40.8 Å². The van der Waals surface area contributed by atoms with Crippen molar-refractivity contribution < 1.29 is 44.3 Å². The number of rotatable bonds is 2. The summed E-state index contributed by atoms with van der Waals surface area (Å²) in [5.41, 5.74) is 1.30. The van der Waals surface area contributed by atoms with E-state index in [1.54, 1.807) is 18.3 Å². The Balaban J connectivity index is 0.00000161. The van der Waals surface area contributed by atoms with Gasteiger partial charge in [-0.1, -0.05) is 6.07 Å². The summed E-state index contributed by atoms with van der Waals surface area (Å²) in [5, 5.41) is 11.0. The van der Waals surface area contributed by atoms with Crippen LogP contribution in [-0.2, 0) is 9.59 Å². The summed E-state index contributed by atoms with van der Waals surface area (Å²) >= 11 is 1.47. The van der Waals surface area contributed by atoms with Gasteiger partial charge >= 0.3 is 29.6 Å². The van der Waals surface area contributed by atoms with Crippen LogP contribution in [0.5, 0.6) is 0 Å². The minimum Gasteiger partial charge on any atom is -0.548 e. The second kappa shape index (κ2) is 5.76. The third-order valence-corrected chi connectivity index (χ3v) is 5.10. The van der Waals surface area contributed by atoms with E-state index in [4.69, 9.17) is 0 Å². The van der Waals surface area contributed by atoms with Gasteiger partial charge in [0, 0.05) is 10.9 Å². The number of carboxylic acid groups (broad SMARTS) is 1. The number of hydrogen-bond donors (Lipinski definition) is 0. The van der Waals surface area contributed by atoms with Crippen LogP contribution >= 0.6 is 11.8 Å². The molecule has 0 spiro atoms. The van der Waals surface area contributed by atoms with Crippen LogP contribution in [-0.4, -0.2) is 37.9 Å². The number of aromatic nitrogens is 1. The molecule has 0 saturated carbocycles. The molecule has 2 saturated heterocycles. The van der Waals surface area contributed by atoms with E-state index in [0.29, 0.717) is 11.3 Å². The van der Waals surface area contributed by atoms with Crippen molar-refractivity contribution in [3.8, 4) is 0 Å². The van der Waals surface area contributed by atoms with E-state index in [1.807, 2.05) is 26.0 Å². The maximum absolute atomic E-state index is 12.2. The predicted octanol–water partition coefficient (Wildman–Crippen LogP) is -2.72. The molecular weight excluding hydrogens is 299 g/mol. The molecule has 0 aromatic carbocycles. The van der Waals surface area contributed by atoms with Crippen molar-refractivity contribution in [1.29, 1.82) is 0 Å². The number of carbonyl (C=O) groups is 2. The molecule has 2 atom stereocenters. The molecule has 0 aliphatic carbocycles. The van der Waals surface area contributed by atoms with Crippen molar-refractivity contribution in [2.45, 2.75) is 30.0 Å². The van der Waals surface area contributed by atoms with Crippen LogP contribution < -0.4 is 34.7 Å². The summed E-state index contributed by atoms with van der Waals surface area (Å²) in [7, 11) is 0. The zero-order valence-electron chi connectivity index (χ0n) is 12.1. The first-order chi connectivity index (χ1) is 9.42. The van der Waals surface area contributed by atoms with Gasteiger partial charge in [-0.3, -0.25) is 9.78 Å². The van der Waals surface area contributed by atoms with Crippen LogP contribution in [0.15, 0.2) is 30.0 Å². The molecule has 1 aromatic rings. The van der Waals surface area contributed by atoms with Gasteiger partial charge in [0.2, 0.25) is 0 Å². The Morgan fingerprint density at radius 1 is 1.48 bits per heavy atom. The summed E-state index contributed by atoms with van der Waals surface area (Å²) in [5.74, 6) is -1.44. The second-order valence-electron chi connectivity index (χ2n) is 5.36. The second-order valence-corrected chi connectivity index (χ2v) is 7.10. The molecule has 5 nitrogen and oxygen atoms in total. The third-order valence-electron chi connectivity index (χ3n) is 3.57. The first kappa shape index (κ1) is 16.5. The molecule has 7 heteroatoms.